The van der Waals surface area contributed by atoms with Gasteiger partial charge in [-0.3, -0.25) is 0 Å². The summed E-state index contributed by atoms with van der Waals surface area (Å²) >= 11 is 0. The van der Waals surface area contributed by atoms with Crippen LogP contribution in [0.5, 0.6) is 0 Å². The Balaban J connectivity index is 1.22. The molecule has 8 aromatic carbocycles. The van der Waals surface area contributed by atoms with Crippen molar-refractivity contribution in [1.29, 1.82) is 0 Å². The molecule has 0 amide bonds. The summed E-state index contributed by atoms with van der Waals surface area (Å²) in [5, 5.41) is 0.149. The lowest BCUT2D eigenvalue weighted by molar-refractivity contribution is 0.670. The maximum absolute atomic E-state index is 9.64. The lowest BCUT2D eigenvalue weighted by Gasteiger charge is -2.12. The third-order valence-electron chi connectivity index (χ3n) is 9.62. The highest BCUT2D eigenvalue weighted by molar-refractivity contribution is 6.10. The van der Waals surface area contributed by atoms with Crippen LogP contribution in [-0.4, -0.2) is 15.0 Å². The Morgan fingerprint density at radius 1 is 0.364 bits per heavy atom. The Hall–Kier alpha value is -7.43. The van der Waals surface area contributed by atoms with Crippen LogP contribution >= 0.6 is 0 Å². The first kappa shape index (κ1) is 26.4. The van der Waals surface area contributed by atoms with Crippen LogP contribution in [-0.2, 0) is 0 Å². The number of para-hydroxylation sites is 1. The summed E-state index contributed by atoms with van der Waals surface area (Å²) in [5.41, 5.74) is 7.93. The van der Waals surface area contributed by atoms with E-state index < -0.39 is 0 Å². The second-order valence-corrected chi connectivity index (χ2v) is 13.2. The smallest absolute Gasteiger partial charge is 0.164 e. The second-order valence-electron chi connectivity index (χ2n) is 13.2. The van der Waals surface area contributed by atoms with Gasteiger partial charge in [-0.15, -0.1) is 0 Å². The van der Waals surface area contributed by atoms with Crippen molar-refractivity contribution in [2.45, 2.75) is 0 Å². The molecule has 0 fully saturated rings. The highest BCUT2D eigenvalue weighted by atomic mass is 16.3. The molecule has 0 aliphatic carbocycles. The molecule has 0 radical (unpaired) electrons. The number of fused-ring (bicyclic) bond motifs is 3. The summed E-state index contributed by atoms with van der Waals surface area (Å²) in [4.78, 5) is 14.8. The summed E-state index contributed by atoms with van der Waals surface area (Å²) < 4.78 is 61.9. The zero-order valence-electron chi connectivity index (χ0n) is 35.3. The average molecular weight is 710 g/mol. The lowest BCUT2D eigenvalue weighted by Crippen LogP contribution is -2.00. The van der Waals surface area contributed by atoms with Gasteiger partial charge in [-0.25, -0.2) is 15.0 Å². The van der Waals surface area contributed by atoms with Gasteiger partial charge in [0.2, 0.25) is 0 Å². The molecule has 0 spiro atoms. The van der Waals surface area contributed by atoms with Crippen molar-refractivity contribution < 1.29 is 12.6 Å². The van der Waals surface area contributed by atoms with Gasteiger partial charge < -0.3 is 4.42 Å². The highest BCUT2D eigenvalue weighted by Crippen LogP contribution is 2.39. The monoisotopic (exact) mass is 709 g/mol. The van der Waals surface area contributed by atoms with Crippen LogP contribution in [0.2, 0.25) is 0 Å². The third-order valence-corrected chi connectivity index (χ3v) is 9.62. The molecule has 0 saturated heterocycles. The number of hydrogen-bond donors (Lipinski definition) is 0. The molecule has 0 aliphatic heterocycles. The van der Waals surface area contributed by atoms with E-state index in [1.54, 1.807) is 0 Å². The van der Waals surface area contributed by atoms with Crippen molar-refractivity contribution in [3.8, 4) is 78.7 Å². The Morgan fingerprint density at radius 3 is 1.45 bits per heavy atom. The molecule has 0 unspecified atom stereocenters. The quantitative estimate of drug-likeness (QED) is 0.165. The van der Waals surface area contributed by atoms with E-state index in [1.165, 1.54) is 0 Å². The van der Waals surface area contributed by atoms with Crippen LogP contribution in [0, 0.1) is 0 Å². The zero-order chi connectivity index (χ0) is 41.8. The molecule has 0 bridgehead atoms. The summed E-state index contributed by atoms with van der Waals surface area (Å²) in [6, 6.07) is 51.1. The number of aromatic nitrogens is 3. The first-order valence-electron chi connectivity index (χ1n) is 20.9. The van der Waals surface area contributed by atoms with Gasteiger partial charge in [-0.1, -0.05) is 164 Å². The summed E-state index contributed by atoms with van der Waals surface area (Å²) in [6.45, 7) is 0. The molecule has 258 valence electrons. The van der Waals surface area contributed by atoms with Crippen LogP contribution in [0.25, 0.3) is 101 Å². The predicted octanol–water partition coefficient (Wildman–Crippen LogP) is 13.4. The Bertz CT molecular complexity index is 3250. The van der Waals surface area contributed by atoms with Crippen molar-refractivity contribution >= 4 is 21.9 Å². The third kappa shape index (κ3) is 6.26. The number of hydrogen-bond acceptors (Lipinski definition) is 4. The molecular formula is C51H33N3O. The number of benzene rings is 8. The minimum Gasteiger partial charge on any atom is -0.455 e. The van der Waals surface area contributed by atoms with Crippen molar-refractivity contribution in [3.05, 3.63) is 200 Å². The fraction of sp³-hybridized carbons (Fsp3) is 0. The van der Waals surface area contributed by atoms with Crippen molar-refractivity contribution in [2.24, 2.45) is 0 Å². The molecule has 0 atom stereocenters. The van der Waals surface area contributed by atoms with Gasteiger partial charge in [0, 0.05) is 33.0 Å². The van der Waals surface area contributed by atoms with Gasteiger partial charge in [0.15, 0.2) is 17.5 Å². The first-order valence-corrected chi connectivity index (χ1v) is 17.9. The molecule has 4 nitrogen and oxygen atoms in total. The first-order chi connectivity index (χ1) is 29.7. The minimum atomic E-state index is -0.348. The molecular weight excluding hydrogens is 671 g/mol. The van der Waals surface area contributed by atoms with Gasteiger partial charge in [0.25, 0.3) is 0 Å². The molecule has 0 aliphatic rings. The highest BCUT2D eigenvalue weighted by Gasteiger charge is 2.18. The molecule has 2 heterocycles. The summed E-state index contributed by atoms with van der Waals surface area (Å²) in [6.07, 6.45) is 0. The molecule has 2 aromatic heterocycles. The fourth-order valence-electron chi connectivity index (χ4n) is 6.90. The second kappa shape index (κ2) is 13.8. The van der Waals surface area contributed by atoms with Crippen LogP contribution < -0.4 is 0 Å². The summed E-state index contributed by atoms with van der Waals surface area (Å²) in [7, 11) is 0. The van der Waals surface area contributed by atoms with Gasteiger partial charge in [0.05, 0.1) is 8.22 Å². The standard InChI is InChI=1S/C51H33N3O/c1-5-15-34(16-6-1)38-23-13-24-39(29-38)44-25-14-26-46-45-28-27-40(33-47(45)55-48(44)46)50-52-49(37-21-11-4-12-22-37)53-51(54-50)43-31-41(35-17-7-2-8-18-35)30-42(32-43)36-19-9-3-10-20-36/h1-33H/i14D,25D,26D,27D,28D,33D. The number of rotatable bonds is 7. The van der Waals surface area contributed by atoms with E-state index >= 15 is 0 Å². The van der Waals surface area contributed by atoms with E-state index in [0.717, 1.165) is 33.4 Å². The predicted molar refractivity (Wildman–Crippen MR) is 225 cm³/mol. The van der Waals surface area contributed by atoms with E-state index in [9.17, 15) is 4.11 Å². The van der Waals surface area contributed by atoms with Crippen LogP contribution in [0.1, 0.15) is 8.22 Å². The van der Waals surface area contributed by atoms with Crippen molar-refractivity contribution in [3.63, 3.8) is 0 Å². The molecule has 55 heavy (non-hydrogen) atoms. The van der Waals surface area contributed by atoms with Gasteiger partial charge in [0.1, 0.15) is 11.2 Å². The van der Waals surface area contributed by atoms with Crippen molar-refractivity contribution in [1.82, 2.24) is 15.0 Å². The lowest BCUT2D eigenvalue weighted by atomic mass is 9.96. The van der Waals surface area contributed by atoms with Gasteiger partial charge in [-0.2, -0.15) is 0 Å². The van der Waals surface area contributed by atoms with E-state index in [1.807, 2.05) is 158 Å². The van der Waals surface area contributed by atoms with Crippen LogP contribution in [0.15, 0.2) is 204 Å². The van der Waals surface area contributed by atoms with Crippen molar-refractivity contribution in [2.75, 3.05) is 0 Å². The molecule has 0 N–H and O–H groups in total. The Labute approximate surface area is 327 Å². The largest absolute Gasteiger partial charge is 0.455 e. The summed E-state index contributed by atoms with van der Waals surface area (Å²) in [5.74, 6) is 0.625. The topological polar surface area (TPSA) is 51.8 Å². The van der Waals surface area contributed by atoms with E-state index in [-0.39, 0.29) is 75.1 Å². The zero-order valence-corrected chi connectivity index (χ0v) is 29.3. The maximum atomic E-state index is 9.64. The van der Waals surface area contributed by atoms with E-state index in [0.29, 0.717) is 28.3 Å². The molecule has 10 aromatic rings. The Kier molecular flexibility index (Phi) is 6.63. The van der Waals surface area contributed by atoms with Gasteiger partial charge in [-0.05, 0) is 75.3 Å². The van der Waals surface area contributed by atoms with Crippen LogP contribution in [0.3, 0.4) is 0 Å². The number of nitrogens with zero attached hydrogens (tertiary/aromatic N) is 3. The Morgan fingerprint density at radius 2 is 0.836 bits per heavy atom. The van der Waals surface area contributed by atoms with E-state index in [4.69, 9.17) is 23.5 Å². The molecule has 10 rings (SSSR count). The average Bonchev–Trinajstić information content (AvgIpc) is 3.72. The fourth-order valence-corrected chi connectivity index (χ4v) is 6.90. The van der Waals surface area contributed by atoms with E-state index in [2.05, 4.69) is 6.07 Å². The van der Waals surface area contributed by atoms with Gasteiger partial charge >= 0.3 is 0 Å². The van der Waals surface area contributed by atoms with Crippen LogP contribution in [0.4, 0.5) is 0 Å². The minimum absolute atomic E-state index is 0.00493. The molecule has 0 saturated carbocycles. The number of furan rings is 1. The SMILES string of the molecule is [2H]c1c([2H])c([2H])c2c(oc3c([2H])c(-c4nc(-c5ccccc5)nc(-c5cc(-c6ccccc6)cc(-c6ccccc6)c5)n4)c([2H])c([2H])c32)c1-c1cccc(-c2ccccc2)c1. The molecule has 4 heteroatoms. The maximum Gasteiger partial charge on any atom is 0.164 e. The normalized spacial score (nSPS) is 12.8.